The second-order valence-electron chi connectivity index (χ2n) is 9.19. The molecule has 5 saturated carbocycles. The first-order chi connectivity index (χ1) is 12.8. The molecule has 0 spiro atoms. The van der Waals surface area contributed by atoms with Crippen LogP contribution in [0.3, 0.4) is 0 Å². The van der Waals surface area contributed by atoms with Gasteiger partial charge in [0.1, 0.15) is 10.7 Å². The Balaban J connectivity index is 1.38. The van der Waals surface area contributed by atoms with E-state index in [1.54, 1.807) is 0 Å². The Morgan fingerprint density at radius 2 is 1.63 bits per heavy atom. The summed E-state index contributed by atoms with van der Waals surface area (Å²) in [5.41, 5.74) is 0.0502. The fourth-order valence-corrected chi connectivity index (χ4v) is 7.32. The molecule has 146 valence electrons. The van der Waals surface area contributed by atoms with Crippen LogP contribution in [0.15, 0.2) is 23.1 Å². The van der Waals surface area contributed by atoms with Crippen LogP contribution >= 0.6 is 0 Å². The van der Waals surface area contributed by atoms with Crippen molar-refractivity contribution in [2.24, 2.45) is 17.8 Å². The molecule has 5 aliphatic carbocycles. The highest BCUT2D eigenvalue weighted by molar-refractivity contribution is 7.89. The highest BCUT2D eigenvalue weighted by Crippen LogP contribution is 2.55. The zero-order chi connectivity index (χ0) is 18.8. The summed E-state index contributed by atoms with van der Waals surface area (Å²) in [7, 11) is -3.94. The quantitative estimate of drug-likeness (QED) is 0.809. The van der Waals surface area contributed by atoms with Crippen molar-refractivity contribution in [1.29, 1.82) is 0 Å². The molecule has 5 nitrogen and oxygen atoms in total. The molecule has 0 aromatic heterocycles. The van der Waals surface area contributed by atoms with Crippen LogP contribution in [0.4, 0.5) is 4.39 Å². The fourth-order valence-electron chi connectivity index (χ4n) is 5.91. The minimum absolute atomic E-state index is 0.112. The lowest BCUT2D eigenvalue weighted by Gasteiger charge is -2.56. The van der Waals surface area contributed by atoms with E-state index in [9.17, 15) is 17.6 Å². The average Bonchev–Trinajstić information content (AvgIpc) is 3.36. The van der Waals surface area contributed by atoms with Crippen LogP contribution in [0.1, 0.15) is 61.7 Å². The Hall–Kier alpha value is -1.47. The first kappa shape index (κ1) is 17.6. The molecule has 4 bridgehead atoms. The topological polar surface area (TPSA) is 75.3 Å². The van der Waals surface area contributed by atoms with Crippen LogP contribution in [0.2, 0.25) is 0 Å². The normalized spacial score (nSPS) is 34.6. The van der Waals surface area contributed by atoms with Crippen LogP contribution in [-0.4, -0.2) is 25.9 Å². The number of amides is 1. The van der Waals surface area contributed by atoms with E-state index in [0.29, 0.717) is 17.8 Å². The SMILES string of the molecule is O=C(NC12CC3CC(CC(C3)C1)C2)c1ccc(F)c(S(=O)(=O)NC2CC2)c1. The highest BCUT2D eigenvalue weighted by atomic mass is 32.2. The molecule has 0 unspecified atom stereocenters. The molecule has 2 N–H and O–H groups in total. The highest BCUT2D eigenvalue weighted by Gasteiger charge is 2.51. The summed E-state index contributed by atoms with van der Waals surface area (Å²) >= 11 is 0. The summed E-state index contributed by atoms with van der Waals surface area (Å²) in [4.78, 5) is 12.5. The van der Waals surface area contributed by atoms with Crippen LogP contribution < -0.4 is 10.0 Å². The van der Waals surface area contributed by atoms with Gasteiger partial charge in [0.05, 0.1) is 0 Å². The third-order valence-electron chi connectivity index (χ3n) is 6.80. The Morgan fingerprint density at radius 1 is 1.04 bits per heavy atom. The molecule has 7 heteroatoms. The van der Waals surface area contributed by atoms with E-state index in [0.717, 1.165) is 38.2 Å². The van der Waals surface area contributed by atoms with Crippen molar-refractivity contribution in [3.8, 4) is 0 Å². The lowest BCUT2D eigenvalue weighted by molar-refractivity contribution is -0.0167. The van der Waals surface area contributed by atoms with Gasteiger partial charge < -0.3 is 5.32 Å². The summed E-state index contributed by atoms with van der Waals surface area (Å²) < 4.78 is 41.5. The Kier molecular flexibility index (Phi) is 3.92. The first-order valence-corrected chi connectivity index (χ1v) is 11.4. The van der Waals surface area contributed by atoms with Gasteiger partial charge in [-0.25, -0.2) is 17.5 Å². The molecule has 5 aliphatic rings. The zero-order valence-electron chi connectivity index (χ0n) is 15.2. The number of halogens is 1. The van der Waals surface area contributed by atoms with Gasteiger partial charge in [-0.1, -0.05) is 0 Å². The van der Waals surface area contributed by atoms with Gasteiger partial charge in [-0.2, -0.15) is 0 Å². The third-order valence-corrected chi connectivity index (χ3v) is 8.33. The number of carbonyl (C=O) groups excluding carboxylic acids is 1. The number of hydrogen-bond donors (Lipinski definition) is 2. The standard InChI is InChI=1S/C20H25FN2O3S/c21-17-4-1-15(8-18(17)27(25,26)23-16-2-3-16)19(24)22-20-9-12-5-13(10-20)7-14(6-12)11-20/h1,4,8,12-14,16,23H,2-3,5-7,9-11H2,(H,22,24). The summed E-state index contributed by atoms with van der Waals surface area (Å²) in [6, 6.07) is 3.52. The minimum atomic E-state index is -3.94. The largest absolute Gasteiger partial charge is 0.347 e. The number of nitrogens with one attached hydrogen (secondary N) is 2. The molecule has 0 atom stereocenters. The van der Waals surface area contributed by atoms with E-state index in [1.165, 1.54) is 31.4 Å². The summed E-state index contributed by atoms with van der Waals surface area (Å²) in [6.07, 6.45) is 8.42. The van der Waals surface area contributed by atoms with Crippen molar-refractivity contribution in [1.82, 2.24) is 10.0 Å². The number of hydrogen-bond acceptors (Lipinski definition) is 3. The maximum Gasteiger partial charge on any atom is 0.251 e. The van der Waals surface area contributed by atoms with Crippen LogP contribution in [0.5, 0.6) is 0 Å². The third kappa shape index (κ3) is 3.29. The number of carbonyl (C=O) groups is 1. The average molecular weight is 392 g/mol. The van der Waals surface area contributed by atoms with E-state index >= 15 is 0 Å². The molecule has 0 radical (unpaired) electrons. The van der Waals surface area contributed by atoms with Gasteiger partial charge in [-0.05, 0) is 87.3 Å². The molecule has 0 aliphatic heterocycles. The number of benzene rings is 1. The molecule has 0 heterocycles. The van der Waals surface area contributed by atoms with Crippen molar-refractivity contribution in [3.05, 3.63) is 29.6 Å². The van der Waals surface area contributed by atoms with E-state index in [1.807, 2.05) is 0 Å². The Morgan fingerprint density at radius 3 is 2.19 bits per heavy atom. The number of sulfonamides is 1. The van der Waals surface area contributed by atoms with Crippen molar-refractivity contribution >= 4 is 15.9 Å². The van der Waals surface area contributed by atoms with Gasteiger partial charge in [-0.15, -0.1) is 0 Å². The predicted octanol–water partition coefficient (Wildman–Crippen LogP) is 2.97. The molecule has 27 heavy (non-hydrogen) atoms. The van der Waals surface area contributed by atoms with Crippen molar-refractivity contribution in [3.63, 3.8) is 0 Å². The van der Waals surface area contributed by atoms with E-state index in [-0.39, 0.29) is 23.1 Å². The molecule has 1 amide bonds. The van der Waals surface area contributed by atoms with E-state index in [2.05, 4.69) is 10.0 Å². The Bertz CT molecular complexity index is 859. The van der Waals surface area contributed by atoms with E-state index < -0.39 is 20.7 Å². The first-order valence-electron chi connectivity index (χ1n) is 9.96. The molecule has 0 saturated heterocycles. The van der Waals surface area contributed by atoms with Crippen LogP contribution in [0, 0.1) is 23.6 Å². The predicted molar refractivity (Wildman–Crippen MR) is 98.1 cm³/mol. The van der Waals surface area contributed by atoms with Gasteiger partial charge in [0, 0.05) is 17.1 Å². The molecule has 5 fully saturated rings. The smallest absolute Gasteiger partial charge is 0.251 e. The van der Waals surface area contributed by atoms with Gasteiger partial charge in [0.25, 0.3) is 5.91 Å². The van der Waals surface area contributed by atoms with Gasteiger partial charge in [0.2, 0.25) is 10.0 Å². The monoisotopic (exact) mass is 392 g/mol. The van der Waals surface area contributed by atoms with E-state index in [4.69, 9.17) is 0 Å². The maximum absolute atomic E-state index is 14.2. The zero-order valence-corrected chi connectivity index (χ0v) is 16.0. The summed E-state index contributed by atoms with van der Waals surface area (Å²) in [6.45, 7) is 0. The fraction of sp³-hybridized carbons (Fsp3) is 0.650. The van der Waals surface area contributed by atoms with Gasteiger partial charge in [0.15, 0.2) is 0 Å². The second kappa shape index (κ2) is 6.01. The summed E-state index contributed by atoms with van der Waals surface area (Å²) in [5.74, 6) is 0.977. The second-order valence-corrected chi connectivity index (χ2v) is 10.9. The Labute approximate surface area is 159 Å². The van der Waals surface area contributed by atoms with Crippen LogP contribution in [-0.2, 0) is 10.0 Å². The number of rotatable bonds is 5. The van der Waals surface area contributed by atoms with Crippen molar-refractivity contribution < 1.29 is 17.6 Å². The maximum atomic E-state index is 14.2. The molecule has 1 aromatic carbocycles. The van der Waals surface area contributed by atoms with Crippen molar-refractivity contribution in [2.75, 3.05) is 0 Å². The molecule has 6 rings (SSSR count). The minimum Gasteiger partial charge on any atom is -0.347 e. The van der Waals surface area contributed by atoms with Crippen LogP contribution in [0.25, 0.3) is 0 Å². The van der Waals surface area contributed by atoms with Crippen molar-refractivity contribution in [2.45, 2.75) is 67.8 Å². The lowest BCUT2D eigenvalue weighted by Crippen LogP contribution is -2.59. The molecular formula is C20H25FN2O3S. The summed E-state index contributed by atoms with van der Waals surface area (Å²) in [5, 5.41) is 3.22. The van der Waals surface area contributed by atoms with Gasteiger partial charge in [-0.3, -0.25) is 4.79 Å². The molecule has 1 aromatic rings. The molecular weight excluding hydrogens is 367 g/mol. The van der Waals surface area contributed by atoms with Gasteiger partial charge >= 0.3 is 0 Å². The lowest BCUT2D eigenvalue weighted by atomic mass is 9.53.